The van der Waals surface area contributed by atoms with E-state index in [4.69, 9.17) is 15.1 Å². The zero-order chi connectivity index (χ0) is 20.1. The van der Waals surface area contributed by atoms with Gasteiger partial charge < -0.3 is 25.0 Å². The number of nitrogens with one attached hydrogen (secondary N) is 1. The maximum absolute atomic E-state index is 12.7. The van der Waals surface area contributed by atoms with Crippen LogP contribution < -0.4 is 10.2 Å². The van der Waals surface area contributed by atoms with Crippen molar-refractivity contribution < 1.29 is 19.4 Å². The molecule has 28 heavy (non-hydrogen) atoms. The van der Waals surface area contributed by atoms with Crippen LogP contribution in [0.4, 0.5) is 10.6 Å². The van der Waals surface area contributed by atoms with Crippen LogP contribution in [0.3, 0.4) is 0 Å². The van der Waals surface area contributed by atoms with E-state index >= 15 is 0 Å². The first kappa shape index (κ1) is 19.9. The van der Waals surface area contributed by atoms with Crippen LogP contribution in [-0.4, -0.2) is 71.4 Å². The summed E-state index contributed by atoms with van der Waals surface area (Å²) in [5, 5.41) is 19.9. The van der Waals surface area contributed by atoms with E-state index < -0.39 is 12.2 Å². The Kier molecular flexibility index (Phi) is 6.31. The van der Waals surface area contributed by atoms with Gasteiger partial charge in [0.25, 0.3) is 5.91 Å². The first-order valence-electron chi connectivity index (χ1n) is 9.50. The number of pyridine rings is 1. The minimum Gasteiger partial charge on any atom is -0.465 e. The third-order valence-electron chi connectivity index (χ3n) is 5.21. The molecule has 1 aromatic rings. The lowest BCUT2D eigenvalue weighted by Crippen LogP contribution is -2.47. The quantitative estimate of drug-likeness (QED) is 0.753. The summed E-state index contributed by atoms with van der Waals surface area (Å²) in [4.78, 5) is 31.7. The number of ether oxygens (including phenoxy) is 1. The number of rotatable bonds is 6. The number of aromatic nitrogens is 1. The largest absolute Gasteiger partial charge is 0.465 e. The number of amides is 2. The molecule has 3 heterocycles. The standard InChI is InChI=1S/C19H25N5O4/c1-13(22-19(26)27)12-28-16-6-9-24(18(16)25)15-4-7-23(8-5-15)17-3-2-14(10-20)11-21-17/h2-3,11,13,15-16,22H,4-9,12H2,1H3,(H,26,27)/t13-,16?/m0/s1. The molecule has 1 unspecified atom stereocenters. The lowest BCUT2D eigenvalue weighted by molar-refractivity contribution is -0.139. The van der Waals surface area contributed by atoms with Gasteiger partial charge in [0.2, 0.25) is 0 Å². The van der Waals surface area contributed by atoms with Gasteiger partial charge in [-0.05, 0) is 31.9 Å². The molecule has 0 spiro atoms. The van der Waals surface area contributed by atoms with Crippen molar-refractivity contribution in [2.45, 2.75) is 44.4 Å². The molecule has 2 saturated heterocycles. The number of hydrogen-bond acceptors (Lipinski definition) is 6. The van der Waals surface area contributed by atoms with Crippen molar-refractivity contribution in [2.24, 2.45) is 0 Å². The number of anilines is 1. The SMILES string of the molecule is C[C@@H](COC1CCN(C2CCN(c3ccc(C#N)cn3)CC2)C1=O)NC(=O)O. The smallest absolute Gasteiger partial charge is 0.404 e. The van der Waals surface area contributed by atoms with Crippen molar-refractivity contribution >= 4 is 17.8 Å². The predicted molar refractivity (Wildman–Crippen MR) is 101 cm³/mol. The van der Waals surface area contributed by atoms with Crippen molar-refractivity contribution in [1.82, 2.24) is 15.2 Å². The van der Waals surface area contributed by atoms with Crippen LogP contribution in [-0.2, 0) is 9.53 Å². The first-order chi connectivity index (χ1) is 13.5. The maximum Gasteiger partial charge on any atom is 0.404 e. The van der Waals surface area contributed by atoms with Crippen LogP contribution in [0.5, 0.6) is 0 Å². The minimum absolute atomic E-state index is 0.00234. The Hall–Kier alpha value is -2.86. The maximum atomic E-state index is 12.7. The van der Waals surface area contributed by atoms with Crippen LogP contribution in [0.2, 0.25) is 0 Å². The lowest BCUT2D eigenvalue weighted by atomic mass is 10.0. The van der Waals surface area contributed by atoms with E-state index in [0.29, 0.717) is 18.5 Å². The molecule has 1 aromatic heterocycles. The Bertz CT molecular complexity index is 740. The fourth-order valence-electron chi connectivity index (χ4n) is 3.75. The summed E-state index contributed by atoms with van der Waals surface area (Å²) >= 11 is 0. The summed E-state index contributed by atoms with van der Waals surface area (Å²) in [6.07, 6.45) is 2.34. The van der Waals surface area contributed by atoms with Gasteiger partial charge in [-0.1, -0.05) is 0 Å². The number of piperidine rings is 1. The topological polar surface area (TPSA) is 119 Å². The molecule has 2 fully saturated rings. The molecule has 0 saturated carbocycles. The molecule has 9 nitrogen and oxygen atoms in total. The monoisotopic (exact) mass is 387 g/mol. The summed E-state index contributed by atoms with van der Waals surface area (Å²) in [5.74, 6) is 0.851. The molecule has 150 valence electrons. The Labute approximate surface area is 163 Å². The van der Waals surface area contributed by atoms with E-state index in [0.717, 1.165) is 31.7 Å². The first-order valence-corrected chi connectivity index (χ1v) is 9.50. The van der Waals surface area contributed by atoms with E-state index in [1.165, 1.54) is 0 Å². The average Bonchev–Trinajstić information content (AvgIpc) is 3.06. The average molecular weight is 387 g/mol. The van der Waals surface area contributed by atoms with Crippen LogP contribution in [0, 0.1) is 11.3 Å². The van der Waals surface area contributed by atoms with Gasteiger partial charge in [-0.25, -0.2) is 9.78 Å². The van der Waals surface area contributed by atoms with E-state index in [9.17, 15) is 9.59 Å². The summed E-state index contributed by atoms with van der Waals surface area (Å²) in [6, 6.07) is 5.51. The second-order valence-electron chi connectivity index (χ2n) is 7.23. The second-order valence-corrected chi connectivity index (χ2v) is 7.23. The summed E-state index contributed by atoms with van der Waals surface area (Å²) in [5.41, 5.74) is 0.542. The van der Waals surface area contributed by atoms with Crippen molar-refractivity contribution in [2.75, 3.05) is 31.1 Å². The fourth-order valence-corrected chi connectivity index (χ4v) is 3.75. The molecule has 2 amide bonds. The van der Waals surface area contributed by atoms with Gasteiger partial charge in [0, 0.05) is 38.3 Å². The molecule has 0 aliphatic carbocycles. The number of carbonyl (C=O) groups excluding carboxylic acids is 1. The molecule has 2 atom stereocenters. The fraction of sp³-hybridized carbons (Fsp3) is 0.579. The normalized spacial score (nSPS) is 21.4. The third kappa shape index (κ3) is 4.70. The zero-order valence-electron chi connectivity index (χ0n) is 15.9. The minimum atomic E-state index is -1.10. The Morgan fingerprint density at radius 1 is 1.39 bits per heavy atom. The second kappa shape index (κ2) is 8.89. The molecule has 2 aliphatic rings. The molecular formula is C19H25N5O4. The summed E-state index contributed by atoms with van der Waals surface area (Å²) in [7, 11) is 0. The van der Waals surface area contributed by atoms with Gasteiger partial charge >= 0.3 is 6.09 Å². The molecule has 0 radical (unpaired) electrons. The zero-order valence-corrected chi connectivity index (χ0v) is 15.9. The number of nitriles is 1. The summed E-state index contributed by atoms with van der Waals surface area (Å²) < 4.78 is 5.65. The van der Waals surface area contributed by atoms with E-state index in [2.05, 4.69) is 21.3 Å². The van der Waals surface area contributed by atoms with Gasteiger partial charge in [0.05, 0.1) is 18.2 Å². The van der Waals surface area contributed by atoms with E-state index in [1.807, 2.05) is 11.0 Å². The number of carboxylic acid groups (broad SMARTS) is 1. The lowest BCUT2D eigenvalue weighted by Gasteiger charge is -2.37. The van der Waals surface area contributed by atoms with Crippen LogP contribution >= 0.6 is 0 Å². The van der Waals surface area contributed by atoms with Crippen molar-refractivity contribution in [3.05, 3.63) is 23.9 Å². The number of likely N-dealkylation sites (tertiary alicyclic amines) is 1. The molecule has 0 bridgehead atoms. The number of carbonyl (C=O) groups is 2. The highest BCUT2D eigenvalue weighted by molar-refractivity contribution is 5.83. The molecule has 2 N–H and O–H groups in total. The number of nitrogens with zero attached hydrogens (tertiary/aromatic N) is 4. The van der Waals surface area contributed by atoms with Crippen molar-refractivity contribution in [3.63, 3.8) is 0 Å². The Morgan fingerprint density at radius 2 is 2.14 bits per heavy atom. The summed E-state index contributed by atoms with van der Waals surface area (Å²) in [6.45, 7) is 4.17. The predicted octanol–water partition coefficient (Wildman–Crippen LogP) is 1.20. The third-order valence-corrected chi connectivity index (χ3v) is 5.21. The van der Waals surface area contributed by atoms with Crippen LogP contribution in [0.15, 0.2) is 18.3 Å². The van der Waals surface area contributed by atoms with E-state index in [-0.39, 0.29) is 24.6 Å². The van der Waals surface area contributed by atoms with Crippen molar-refractivity contribution in [1.29, 1.82) is 5.26 Å². The van der Waals surface area contributed by atoms with Gasteiger partial charge in [0.1, 0.15) is 18.0 Å². The Morgan fingerprint density at radius 3 is 2.75 bits per heavy atom. The highest BCUT2D eigenvalue weighted by Crippen LogP contribution is 2.26. The highest BCUT2D eigenvalue weighted by Gasteiger charge is 2.38. The van der Waals surface area contributed by atoms with Gasteiger partial charge in [-0.3, -0.25) is 4.79 Å². The molecule has 2 aliphatic heterocycles. The Balaban J connectivity index is 1.47. The van der Waals surface area contributed by atoms with Crippen LogP contribution in [0.25, 0.3) is 0 Å². The van der Waals surface area contributed by atoms with Gasteiger partial charge in [-0.15, -0.1) is 0 Å². The molecule has 0 aromatic carbocycles. The van der Waals surface area contributed by atoms with Crippen LogP contribution in [0.1, 0.15) is 31.7 Å². The van der Waals surface area contributed by atoms with Gasteiger partial charge in [-0.2, -0.15) is 5.26 Å². The molecular weight excluding hydrogens is 362 g/mol. The molecule has 9 heteroatoms. The molecule has 3 rings (SSSR count). The highest BCUT2D eigenvalue weighted by atomic mass is 16.5. The number of hydrogen-bond donors (Lipinski definition) is 2. The van der Waals surface area contributed by atoms with E-state index in [1.54, 1.807) is 19.2 Å². The van der Waals surface area contributed by atoms with Crippen molar-refractivity contribution in [3.8, 4) is 6.07 Å². The van der Waals surface area contributed by atoms with Gasteiger partial charge in [0.15, 0.2) is 0 Å².